The number of nitrogens with zero attached hydrogens (tertiary/aromatic N) is 2. The Labute approximate surface area is 124 Å². The van der Waals surface area contributed by atoms with E-state index >= 15 is 0 Å². The van der Waals surface area contributed by atoms with Gasteiger partial charge in [0, 0.05) is 45.7 Å². The molecule has 0 aliphatic carbocycles. The number of hydrogen-bond acceptors (Lipinski definition) is 4. The van der Waals surface area contributed by atoms with E-state index in [9.17, 15) is 9.59 Å². The minimum absolute atomic E-state index is 0.0418. The molecule has 1 fully saturated rings. The number of nitrogens with one attached hydrogen (secondary N) is 1. The van der Waals surface area contributed by atoms with Gasteiger partial charge in [-0.2, -0.15) is 0 Å². The second kappa shape index (κ2) is 6.03. The van der Waals surface area contributed by atoms with Crippen LogP contribution in [-0.4, -0.2) is 49.9 Å². The van der Waals surface area contributed by atoms with E-state index in [1.54, 1.807) is 17.0 Å². The van der Waals surface area contributed by atoms with Gasteiger partial charge in [0.15, 0.2) is 0 Å². The van der Waals surface area contributed by atoms with Crippen molar-refractivity contribution in [1.29, 1.82) is 0 Å². The first-order valence-electron chi connectivity index (χ1n) is 7.01. The Morgan fingerprint density at radius 2 is 2.10 bits per heavy atom. The van der Waals surface area contributed by atoms with Crippen molar-refractivity contribution in [2.24, 2.45) is 0 Å². The number of nitrogens with two attached hydrogens (primary N) is 1. The van der Waals surface area contributed by atoms with Crippen molar-refractivity contribution >= 4 is 23.2 Å². The summed E-state index contributed by atoms with van der Waals surface area (Å²) < 4.78 is 0. The predicted molar refractivity (Wildman–Crippen MR) is 83.3 cm³/mol. The maximum absolute atomic E-state index is 12.5. The van der Waals surface area contributed by atoms with Crippen LogP contribution < -0.4 is 16.0 Å². The summed E-state index contributed by atoms with van der Waals surface area (Å²) in [6.07, 6.45) is 0.788. The first-order valence-corrected chi connectivity index (χ1v) is 7.01. The van der Waals surface area contributed by atoms with E-state index in [0.717, 1.165) is 12.1 Å². The third-order valence-electron chi connectivity index (χ3n) is 3.64. The van der Waals surface area contributed by atoms with Crippen LogP contribution in [0.25, 0.3) is 0 Å². The Kier molecular flexibility index (Phi) is 4.35. The molecule has 1 aliphatic heterocycles. The molecule has 1 heterocycles. The summed E-state index contributed by atoms with van der Waals surface area (Å²) in [5, 5.41) is 2.85. The molecule has 21 heavy (non-hydrogen) atoms. The first-order chi connectivity index (χ1) is 9.88. The molecule has 2 amide bonds. The van der Waals surface area contributed by atoms with Gasteiger partial charge in [-0.25, -0.2) is 0 Å². The van der Waals surface area contributed by atoms with E-state index in [-0.39, 0.29) is 17.9 Å². The Balaban J connectivity index is 2.07. The van der Waals surface area contributed by atoms with Crippen LogP contribution in [0.2, 0.25) is 0 Å². The molecule has 2 rings (SSSR count). The molecule has 1 saturated heterocycles. The quantitative estimate of drug-likeness (QED) is 0.803. The minimum atomic E-state index is -0.0612. The van der Waals surface area contributed by atoms with E-state index < -0.39 is 0 Å². The Hall–Kier alpha value is -2.24. The number of likely N-dealkylation sites (tertiary alicyclic amines) is 1. The fourth-order valence-corrected chi connectivity index (χ4v) is 2.63. The van der Waals surface area contributed by atoms with Crippen LogP contribution in [0.15, 0.2) is 18.2 Å². The zero-order valence-electron chi connectivity index (χ0n) is 12.7. The Morgan fingerprint density at radius 1 is 1.38 bits per heavy atom. The van der Waals surface area contributed by atoms with E-state index in [1.807, 2.05) is 25.1 Å². The van der Waals surface area contributed by atoms with Gasteiger partial charge in [0.1, 0.15) is 0 Å². The highest BCUT2D eigenvalue weighted by Crippen LogP contribution is 2.24. The van der Waals surface area contributed by atoms with E-state index in [1.165, 1.54) is 6.92 Å². The normalized spacial score (nSPS) is 17.7. The fourth-order valence-electron chi connectivity index (χ4n) is 2.63. The molecule has 1 atom stereocenters. The van der Waals surface area contributed by atoms with Crippen molar-refractivity contribution < 1.29 is 9.59 Å². The number of rotatable bonds is 3. The van der Waals surface area contributed by atoms with Gasteiger partial charge in [-0.1, -0.05) is 0 Å². The molecule has 1 aromatic carbocycles. The number of nitrogen functional groups attached to an aromatic ring is 1. The number of amides is 2. The summed E-state index contributed by atoms with van der Waals surface area (Å²) >= 11 is 0. The lowest BCUT2D eigenvalue weighted by atomic mass is 10.1. The van der Waals surface area contributed by atoms with Crippen molar-refractivity contribution in [3.05, 3.63) is 23.8 Å². The summed E-state index contributed by atoms with van der Waals surface area (Å²) in [6.45, 7) is 2.69. The molecule has 3 N–H and O–H groups in total. The summed E-state index contributed by atoms with van der Waals surface area (Å²) in [6, 6.07) is 5.40. The number of anilines is 2. The molecule has 0 radical (unpaired) electrons. The van der Waals surface area contributed by atoms with Gasteiger partial charge in [-0.05, 0) is 24.6 Å². The smallest absolute Gasteiger partial charge is 0.254 e. The lowest BCUT2D eigenvalue weighted by Crippen LogP contribution is -2.37. The molecule has 0 bridgehead atoms. The maximum Gasteiger partial charge on any atom is 0.254 e. The molecular formula is C15H22N4O2. The summed E-state index contributed by atoms with van der Waals surface area (Å²) in [5.74, 6) is -0.103. The van der Waals surface area contributed by atoms with Gasteiger partial charge >= 0.3 is 0 Å². The average Bonchev–Trinajstić information content (AvgIpc) is 2.84. The summed E-state index contributed by atoms with van der Waals surface area (Å²) in [7, 11) is 3.82. The number of carbonyl (C=O) groups excluding carboxylic acids is 2. The van der Waals surface area contributed by atoms with Crippen LogP contribution in [0, 0.1) is 0 Å². The standard InChI is InChI=1S/C15H22N4O2/c1-10(20)17-12-6-7-19(9-12)15(21)11-4-5-14(18(2)3)13(16)8-11/h4-5,8,12H,6-7,9,16H2,1-3H3,(H,17,20). The topological polar surface area (TPSA) is 78.7 Å². The van der Waals surface area contributed by atoms with E-state index in [2.05, 4.69) is 5.32 Å². The van der Waals surface area contributed by atoms with Gasteiger partial charge in [0.25, 0.3) is 5.91 Å². The highest BCUT2D eigenvalue weighted by atomic mass is 16.2. The van der Waals surface area contributed by atoms with Crippen molar-refractivity contribution in [1.82, 2.24) is 10.2 Å². The largest absolute Gasteiger partial charge is 0.397 e. The van der Waals surface area contributed by atoms with Crippen molar-refractivity contribution in [3.8, 4) is 0 Å². The lowest BCUT2D eigenvalue weighted by molar-refractivity contribution is -0.119. The lowest BCUT2D eigenvalue weighted by Gasteiger charge is -2.19. The average molecular weight is 290 g/mol. The van der Waals surface area contributed by atoms with Crippen molar-refractivity contribution in [3.63, 3.8) is 0 Å². The fraction of sp³-hybridized carbons (Fsp3) is 0.467. The number of carbonyl (C=O) groups is 2. The van der Waals surface area contributed by atoms with Gasteiger partial charge in [-0.15, -0.1) is 0 Å². The number of benzene rings is 1. The number of hydrogen-bond donors (Lipinski definition) is 2. The monoisotopic (exact) mass is 290 g/mol. The van der Waals surface area contributed by atoms with Crippen LogP contribution in [0.5, 0.6) is 0 Å². The van der Waals surface area contributed by atoms with Gasteiger partial charge in [0.2, 0.25) is 5.91 Å². The SMILES string of the molecule is CC(=O)NC1CCN(C(=O)c2ccc(N(C)C)c(N)c2)C1. The van der Waals surface area contributed by atoms with Crippen LogP contribution in [0.1, 0.15) is 23.7 Å². The van der Waals surface area contributed by atoms with E-state index in [0.29, 0.717) is 24.3 Å². The zero-order valence-corrected chi connectivity index (χ0v) is 12.7. The van der Waals surface area contributed by atoms with Gasteiger partial charge in [0.05, 0.1) is 11.4 Å². The maximum atomic E-state index is 12.5. The highest BCUT2D eigenvalue weighted by Gasteiger charge is 2.27. The first kappa shape index (κ1) is 15.2. The zero-order chi connectivity index (χ0) is 15.6. The minimum Gasteiger partial charge on any atom is -0.397 e. The molecule has 1 aliphatic rings. The third-order valence-corrected chi connectivity index (χ3v) is 3.64. The molecule has 1 unspecified atom stereocenters. The molecular weight excluding hydrogens is 268 g/mol. The molecule has 6 nitrogen and oxygen atoms in total. The summed E-state index contributed by atoms with van der Waals surface area (Å²) in [5.41, 5.74) is 8.05. The van der Waals surface area contributed by atoms with Crippen LogP contribution in [0.3, 0.4) is 0 Å². The molecule has 1 aromatic rings. The van der Waals surface area contributed by atoms with Gasteiger partial charge in [-0.3, -0.25) is 9.59 Å². The molecule has 6 heteroatoms. The second-order valence-corrected chi connectivity index (χ2v) is 5.61. The molecule has 0 aromatic heterocycles. The van der Waals surface area contributed by atoms with Gasteiger partial charge < -0.3 is 20.9 Å². The van der Waals surface area contributed by atoms with Crippen LogP contribution in [0.4, 0.5) is 11.4 Å². The molecule has 0 saturated carbocycles. The highest BCUT2D eigenvalue weighted by molar-refractivity contribution is 5.96. The van der Waals surface area contributed by atoms with Crippen LogP contribution >= 0.6 is 0 Å². The molecule has 0 spiro atoms. The van der Waals surface area contributed by atoms with Crippen molar-refractivity contribution in [2.45, 2.75) is 19.4 Å². The third kappa shape index (κ3) is 3.45. The molecule has 114 valence electrons. The summed E-state index contributed by atoms with van der Waals surface area (Å²) in [4.78, 5) is 27.2. The van der Waals surface area contributed by atoms with Crippen molar-refractivity contribution in [2.75, 3.05) is 37.8 Å². The predicted octanol–water partition coefficient (Wildman–Crippen LogP) is 0.685. The second-order valence-electron chi connectivity index (χ2n) is 5.61. The Morgan fingerprint density at radius 3 is 2.67 bits per heavy atom. The van der Waals surface area contributed by atoms with E-state index in [4.69, 9.17) is 5.73 Å². The Bertz CT molecular complexity index is 557. The van der Waals surface area contributed by atoms with Crippen LogP contribution in [-0.2, 0) is 4.79 Å².